The molecule has 8 heavy (non-hydrogen) atoms. The maximum Gasteiger partial charge on any atom is -0.0143 e. The van der Waals surface area contributed by atoms with Crippen molar-refractivity contribution >= 4 is 0 Å². The molecule has 1 saturated carbocycles. The Labute approximate surface area is 50.9 Å². The molecular weight excluding hydrogens is 96.1 g/mol. The molecule has 0 aliphatic heterocycles. The van der Waals surface area contributed by atoms with E-state index in [1.54, 1.807) is 0 Å². The van der Waals surface area contributed by atoms with Gasteiger partial charge in [0.05, 0.1) is 0 Å². The first-order valence-electron chi connectivity index (χ1n) is 3.07. The quantitative estimate of drug-likeness (QED) is 0.477. The molecule has 44 valence electrons. The lowest BCUT2D eigenvalue weighted by atomic mass is 10.1. The third-order valence-corrected chi connectivity index (χ3v) is 1.67. The third-order valence-electron chi connectivity index (χ3n) is 1.67. The summed E-state index contributed by atoms with van der Waals surface area (Å²) in [6.45, 7) is 5.88. The molecule has 1 fully saturated rings. The topological polar surface area (TPSA) is 0 Å². The van der Waals surface area contributed by atoms with Gasteiger partial charge in [-0.15, -0.1) is 0 Å². The first-order chi connectivity index (χ1) is 3.77. The molecule has 0 nitrogen and oxygen atoms in total. The highest BCUT2D eigenvalue weighted by atomic mass is 14.4. The number of hydrogen-bond acceptors (Lipinski definition) is 0. The fraction of sp³-hybridized carbons (Fsp3) is 0.500. The molecule has 0 aromatic heterocycles. The molecule has 0 bridgehead atoms. The number of rotatable bonds is 2. The average molecular weight is 108 g/mol. The van der Waals surface area contributed by atoms with Crippen LogP contribution >= 0.6 is 0 Å². The van der Waals surface area contributed by atoms with Gasteiger partial charge in [-0.1, -0.05) is 31.7 Å². The van der Waals surface area contributed by atoms with Gasteiger partial charge in [0.15, 0.2) is 0 Å². The van der Waals surface area contributed by atoms with E-state index in [1.807, 2.05) is 12.2 Å². The van der Waals surface area contributed by atoms with Crippen LogP contribution in [0.1, 0.15) is 19.8 Å². The van der Waals surface area contributed by atoms with Crippen LogP contribution in [0, 0.1) is 5.41 Å². The Morgan fingerprint density at radius 2 is 2.12 bits per heavy atom. The summed E-state index contributed by atoms with van der Waals surface area (Å²) in [7, 11) is 0. The van der Waals surface area contributed by atoms with Crippen molar-refractivity contribution < 1.29 is 0 Å². The minimum atomic E-state index is 0.550. The van der Waals surface area contributed by atoms with E-state index in [4.69, 9.17) is 0 Å². The van der Waals surface area contributed by atoms with Crippen LogP contribution in [0.25, 0.3) is 0 Å². The summed E-state index contributed by atoms with van der Waals surface area (Å²) >= 11 is 0. The molecule has 0 aromatic rings. The minimum Gasteiger partial charge on any atom is -0.0991 e. The Kier molecular flexibility index (Phi) is 1.24. The lowest BCUT2D eigenvalue weighted by Gasteiger charge is -1.93. The van der Waals surface area contributed by atoms with Crippen molar-refractivity contribution in [1.29, 1.82) is 0 Å². The molecule has 0 amide bonds. The van der Waals surface area contributed by atoms with Crippen molar-refractivity contribution in [2.24, 2.45) is 5.41 Å². The zero-order chi connectivity index (χ0) is 6.04. The van der Waals surface area contributed by atoms with Crippen LogP contribution in [0.5, 0.6) is 0 Å². The van der Waals surface area contributed by atoms with E-state index in [2.05, 4.69) is 19.6 Å². The van der Waals surface area contributed by atoms with E-state index in [9.17, 15) is 0 Å². The normalized spacial score (nSPS) is 23.6. The lowest BCUT2D eigenvalue weighted by Crippen LogP contribution is -1.81. The third kappa shape index (κ3) is 1.22. The number of allylic oxidation sites excluding steroid dienone is 3. The molecular formula is C8H12. The minimum absolute atomic E-state index is 0.550. The van der Waals surface area contributed by atoms with Crippen LogP contribution in [0.2, 0.25) is 0 Å². The first-order valence-corrected chi connectivity index (χ1v) is 3.07. The second kappa shape index (κ2) is 1.77. The van der Waals surface area contributed by atoms with Gasteiger partial charge >= 0.3 is 0 Å². The van der Waals surface area contributed by atoms with Crippen LogP contribution in [-0.4, -0.2) is 0 Å². The highest BCUT2D eigenvalue weighted by Gasteiger charge is 2.33. The lowest BCUT2D eigenvalue weighted by molar-refractivity contribution is 0.748. The molecule has 1 rings (SSSR count). The second-order valence-electron chi connectivity index (χ2n) is 2.75. The van der Waals surface area contributed by atoms with Crippen molar-refractivity contribution in [3.8, 4) is 0 Å². The Bertz CT molecular complexity index is 116. The molecule has 1 aliphatic rings. The van der Waals surface area contributed by atoms with E-state index in [0.29, 0.717) is 5.41 Å². The molecule has 0 heteroatoms. The van der Waals surface area contributed by atoms with E-state index in [0.717, 1.165) is 0 Å². The Hall–Kier alpha value is -0.520. The summed E-state index contributed by atoms with van der Waals surface area (Å²) in [6, 6.07) is 0. The second-order valence-corrected chi connectivity index (χ2v) is 2.75. The van der Waals surface area contributed by atoms with Crippen molar-refractivity contribution in [3.05, 3.63) is 24.8 Å². The van der Waals surface area contributed by atoms with Crippen molar-refractivity contribution in [3.63, 3.8) is 0 Å². The van der Waals surface area contributed by atoms with Gasteiger partial charge in [0.2, 0.25) is 0 Å². The van der Waals surface area contributed by atoms with Crippen LogP contribution in [0.3, 0.4) is 0 Å². The summed E-state index contributed by atoms with van der Waals surface area (Å²) in [6.07, 6.45) is 8.82. The highest BCUT2D eigenvalue weighted by Crippen LogP contribution is 2.46. The molecule has 0 heterocycles. The maximum atomic E-state index is 3.60. The summed E-state index contributed by atoms with van der Waals surface area (Å²) in [5.74, 6) is 0. The molecule has 1 aliphatic carbocycles. The standard InChI is InChI=1S/C8H12/c1-3-4-5-8(2)6-7-8/h3-5H,1,6-7H2,2H3. The first kappa shape index (κ1) is 5.61. The maximum absolute atomic E-state index is 3.60. The fourth-order valence-electron chi connectivity index (χ4n) is 0.664. The molecule has 0 spiro atoms. The van der Waals surface area contributed by atoms with Crippen LogP contribution in [-0.2, 0) is 0 Å². The van der Waals surface area contributed by atoms with Crippen LogP contribution < -0.4 is 0 Å². The van der Waals surface area contributed by atoms with E-state index in [1.165, 1.54) is 12.8 Å². The molecule has 0 unspecified atom stereocenters. The predicted octanol–water partition coefficient (Wildman–Crippen LogP) is 2.53. The van der Waals surface area contributed by atoms with E-state index in [-0.39, 0.29) is 0 Å². The largest absolute Gasteiger partial charge is 0.0991 e. The van der Waals surface area contributed by atoms with Gasteiger partial charge in [0, 0.05) is 0 Å². The molecule has 0 N–H and O–H groups in total. The van der Waals surface area contributed by atoms with Crippen molar-refractivity contribution in [2.45, 2.75) is 19.8 Å². The van der Waals surface area contributed by atoms with Gasteiger partial charge in [0.1, 0.15) is 0 Å². The van der Waals surface area contributed by atoms with Crippen LogP contribution in [0.15, 0.2) is 24.8 Å². The smallest absolute Gasteiger partial charge is 0.0143 e. The van der Waals surface area contributed by atoms with Gasteiger partial charge in [-0.2, -0.15) is 0 Å². The Balaban J connectivity index is 2.38. The van der Waals surface area contributed by atoms with Gasteiger partial charge in [-0.25, -0.2) is 0 Å². The van der Waals surface area contributed by atoms with Gasteiger partial charge in [-0.3, -0.25) is 0 Å². The fourth-order valence-corrected chi connectivity index (χ4v) is 0.664. The van der Waals surface area contributed by atoms with Crippen molar-refractivity contribution in [1.82, 2.24) is 0 Å². The van der Waals surface area contributed by atoms with Gasteiger partial charge in [-0.05, 0) is 18.3 Å². The zero-order valence-corrected chi connectivity index (χ0v) is 5.35. The summed E-state index contributed by atoms with van der Waals surface area (Å²) in [5, 5.41) is 0. The molecule has 0 atom stereocenters. The van der Waals surface area contributed by atoms with Crippen LogP contribution in [0.4, 0.5) is 0 Å². The van der Waals surface area contributed by atoms with E-state index < -0.39 is 0 Å². The van der Waals surface area contributed by atoms with E-state index >= 15 is 0 Å². The number of hydrogen-bond donors (Lipinski definition) is 0. The summed E-state index contributed by atoms with van der Waals surface area (Å²) < 4.78 is 0. The molecule has 0 radical (unpaired) electrons. The van der Waals surface area contributed by atoms with Gasteiger partial charge < -0.3 is 0 Å². The summed E-state index contributed by atoms with van der Waals surface area (Å²) in [5.41, 5.74) is 0.550. The zero-order valence-electron chi connectivity index (χ0n) is 5.35. The average Bonchev–Trinajstić information content (AvgIpc) is 2.45. The van der Waals surface area contributed by atoms with Crippen molar-refractivity contribution in [2.75, 3.05) is 0 Å². The highest BCUT2D eigenvalue weighted by molar-refractivity contribution is 5.11. The Morgan fingerprint density at radius 3 is 2.50 bits per heavy atom. The molecule has 0 aromatic carbocycles. The monoisotopic (exact) mass is 108 g/mol. The predicted molar refractivity (Wildman–Crippen MR) is 36.7 cm³/mol. The summed E-state index contributed by atoms with van der Waals surface area (Å²) in [4.78, 5) is 0. The SMILES string of the molecule is C=CC=CC1(C)CC1. The van der Waals surface area contributed by atoms with Gasteiger partial charge in [0.25, 0.3) is 0 Å². The molecule has 0 saturated heterocycles. The Morgan fingerprint density at radius 1 is 1.50 bits per heavy atom.